The Balaban J connectivity index is 0.000000956. The molecule has 0 N–H and O–H groups in total. The Hall–Kier alpha value is -2.83. The first-order chi connectivity index (χ1) is 9.58. The van der Waals surface area contributed by atoms with Crippen LogP contribution in [0.25, 0.3) is 11.1 Å². The van der Waals surface area contributed by atoms with Crippen molar-refractivity contribution in [2.24, 2.45) is 0 Å². The maximum Gasteiger partial charge on any atom is 0.269 e. The molecular weight excluding hydrogens is 267 g/mol. The van der Waals surface area contributed by atoms with E-state index in [9.17, 15) is 24.6 Å². The van der Waals surface area contributed by atoms with Crippen LogP contribution in [0.3, 0.4) is 0 Å². The maximum atomic E-state index is 10.5. The summed E-state index contributed by atoms with van der Waals surface area (Å²) >= 11 is 0. The predicted octanol–water partition coefficient (Wildman–Crippen LogP) is 3.76. The lowest BCUT2D eigenvalue weighted by Crippen LogP contribution is -1.88. The minimum Gasteiger partial charge on any atom is -0.258 e. The molecule has 0 bridgehead atoms. The quantitative estimate of drug-likeness (QED) is 0.631. The highest BCUT2D eigenvalue weighted by Crippen LogP contribution is 2.24. The van der Waals surface area contributed by atoms with Crippen molar-refractivity contribution in [3.63, 3.8) is 0 Å². The van der Waals surface area contributed by atoms with E-state index in [4.69, 9.17) is 0 Å². The Bertz CT molecular complexity index is 541. The Morgan fingerprint density at radius 1 is 0.700 bits per heavy atom. The minimum atomic E-state index is -0.473. The van der Waals surface area contributed by atoms with Crippen LogP contribution in [-0.2, 0) is 0 Å². The number of halogens is 1. The van der Waals surface area contributed by atoms with E-state index in [0.717, 1.165) is 11.1 Å². The molecule has 7 heteroatoms. The van der Waals surface area contributed by atoms with Crippen LogP contribution >= 0.6 is 0 Å². The molecule has 0 aromatic heterocycles. The van der Waals surface area contributed by atoms with E-state index in [-0.39, 0.29) is 11.4 Å². The lowest BCUT2D eigenvalue weighted by atomic mass is 10.1. The maximum absolute atomic E-state index is 10.5. The molecule has 0 fully saturated rings. The van der Waals surface area contributed by atoms with Crippen LogP contribution in [0.4, 0.5) is 15.8 Å². The number of rotatable bonds is 3. The van der Waals surface area contributed by atoms with Crippen LogP contribution < -0.4 is 0 Å². The molecule has 0 aliphatic carbocycles. The molecule has 6 nitrogen and oxygen atoms in total. The van der Waals surface area contributed by atoms with E-state index in [1.54, 1.807) is 24.3 Å². The normalized spacial score (nSPS) is 9.30. The summed E-state index contributed by atoms with van der Waals surface area (Å²) in [4.78, 5) is 20.1. The van der Waals surface area contributed by atoms with Crippen molar-refractivity contribution < 1.29 is 14.2 Å². The molecule has 2 aromatic rings. The minimum absolute atomic E-state index is 0.0145. The Kier molecular flexibility index (Phi) is 5.28. The number of hydrogen-bond donors (Lipinski definition) is 0. The van der Waals surface area contributed by atoms with Gasteiger partial charge in [-0.1, -0.05) is 0 Å². The van der Waals surface area contributed by atoms with Gasteiger partial charge in [0.2, 0.25) is 0 Å². The third-order valence-corrected chi connectivity index (χ3v) is 2.49. The predicted molar refractivity (Wildman–Crippen MR) is 72.2 cm³/mol. The van der Waals surface area contributed by atoms with Gasteiger partial charge in [-0.15, -0.1) is 0 Å². The molecule has 0 saturated heterocycles. The SMILES string of the molecule is CF.O=[N+]([O-])c1ccc(-c2ccc([N+](=O)[O-])cc2)cc1. The first-order valence-corrected chi connectivity index (χ1v) is 5.45. The summed E-state index contributed by atoms with van der Waals surface area (Å²) in [5, 5.41) is 21.0. The van der Waals surface area contributed by atoms with Gasteiger partial charge in [0.25, 0.3) is 11.4 Å². The number of hydrogen-bond acceptors (Lipinski definition) is 4. The number of non-ortho nitro benzene ring substituents is 2. The van der Waals surface area contributed by atoms with E-state index >= 15 is 0 Å². The van der Waals surface area contributed by atoms with Gasteiger partial charge in [0.1, 0.15) is 0 Å². The average Bonchev–Trinajstić information content (AvgIpc) is 2.49. The molecule has 0 spiro atoms. The number of nitro benzene ring substituents is 2. The zero-order valence-corrected chi connectivity index (χ0v) is 10.5. The van der Waals surface area contributed by atoms with Crippen molar-refractivity contribution in [1.82, 2.24) is 0 Å². The molecule has 0 saturated carbocycles. The van der Waals surface area contributed by atoms with E-state index in [1.807, 2.05) is 0 Å². The van der Waals surface area contributed by atoms with Crippen LogP contribution in [0.15, 0.2) is 48.5 Å². The zero-order valence-electron chi connectivity index (χ0n) is 10.5. The van der Waals surface area contributed by atoms with Gasteiger partial charge >= 0.3 is 0 Å². The molecular formula is C13H11FN2O4. The number of alkyl halides is 1. The molecule has 0 atom stereocenters. The van der Waals surface area contributed by atoms with Gasteiger partial charge in [0.05, 0.1) is 17.0 Å². The monoisotopic (exact) mass is 278 g/mol. The van der Waals surface area contributed by atoms with Crippen molar-refractivity contribution in [3.05, 3.63) is 68.8 Å². The fraction of sp³-hybridized carbons (Fsp3) is 0.0769. The van der Waals surface area contributed by atoms with Crippen molar-refractivity contribution in [1.29, 1.82) is 0 Å². The van der Waals surface area contributed by atoms with Gasteiger partial charge < -0.3 is 0 Å². The number of benzene rings is 2. The molecule has 2 aromatic carbocycles. The lowest BCUT2D eigenvalue weighted by molar-refractivity contribution is -0.385. The van der Waals surface area contributed by atoms with Crippen LogP contribution in [0.2, 0.25) is 0 Å². The molecule has 0 amide bonds. The van der Waals surface area contributed by atoms with Crippen LogP contribution in [0.1, 0.15) is 0 Å². The number of nitrogens with zero attached hydrogens (tertiary/aromatic N) is 2. The second-order valence-corrected chi connectivity index (χ2v) is 3.61. The molecule has 0 heterocycles. The Labute approximate surface area is 113 Å². The third-order valence-electron chi connectivity index (χ3n) is 2.49. The highest BCUT2D eigenvalue weighted by molar-refractivity contribution is 5.65. The highest BCUT2D eigenvalue weighted by atomic mass is 19.1. The third kappa shape index (κ3) is 3.58. The van der Waals surface area contributed by atoms with Gasteiger partial charge in [-0.3, -0.25) is 24.6 Å². The second kappa shape index (κ2) is 6.93. The molecule has 2 rings (SSSR count). The summed E-state index contributed by atoms with van der Waals surface area (Å²) in [6.45, 7) is 0. The first-order valence-electron chi connectivity index (χ1n) is 5.45. The molecule has 20 heavy (non-hydrogen) atoms. The van der Waals surface area contributed by atoms with Gasteiger partial charge in [-0.25, -0.2) is 0 Å². The lowest BCUT2D eigenvalue weighted by Gasteiger charge is -2.00. The summed E-state index contributed by atoms with van der Waals surface area (Å²) < 4.78 is 9.50. The standard InChI is InChI=1S/C12H8N2O4.CH3F/c15-13(16)11-5-1-9(2-6-11)10-3-7-12(8-4-10)14(17)18;1-2/h1-8H;1H3. The van der Waals surface area contributed by atoms with Crippen molar-refractivity contribution in [2.75, 3.05) is 7.18 Å². The topological polar surface area (TPSA) is 86.3 Å². The van der Waals surface area contributed by atoms with Crippen LogP contribution in [0, 0.1) is 20.2 Å². The highest BCUT2D eigenvalue weighted by Gasteiger charge is 2.07. The first kappa shape index (κ1) is 15.2. The summed E-state index contributed by atoms with van der Waals surface area (Å²) in [6.07, 6.45) is 0. The van der Waals surface area contributed by atoms with E-state index in [1.165, 1.54) is 24.3 Å². The van der Waals surface area contributed by atoms with Gasteiger partial charge in [-0.2, -0.15) is 0 Å². The number of nitro groups is 2. The fourth-order valence-electron chi connectivity index (χ4n) is 1.55. The van der Waals surface area contributed by atoms with Gasteiger partial charge in [-0.05, 0) is 35.4 Å². The summed E-state index contributed by atoms with van der Waals surface area (Å²) in [5.74, 6) is 0. The fourth-order valence-corrected chi connectivity index (χ4v) is 1.55. The molecule has 0 aliphatic rings. The smallest absolute Gasteiger partial charge is 0.258 e. The second-order valence-electron chi connectivity index (χ2n) is 3.61. The van der Waals surface area contributed by atoms with Crippen LogP contribution in [0.5, 0.6) is 0 Å². The summed E-state index contributed by atoms with van der Waals surface area (Å²) in [7, 11) is 0.500. The van der Waals surface area contributed by atoms with Crippen molar-refractivity contribution in [2.45, 2.75) is 0 Å². The zero-order chi connectivity index (χ0) is 15.1. The van der Waals surface area contributed by atoms with Crippen molar-refractivity contribution >= 4 is 11.4 Å². The Morgan fingerprint density at radius 3 is 1.15 bits per heavy atom. The van der Waals surface area contributed by atoms with Crippen molar-refractivity contribution in [3.8, 4) is 11.1 Å². The van der Waals surface area contributed by atoms with E-state index in [2.05, 4.69) is 0 Å². The molecule has 0 aliphatic heterocycles. The molecule has 0 unspecified atom stereocenters. The molecule has 104 valence electrons. The van der Waals surface area contributed by atoms with E-state index in [0.29, 0.717) is 7.18 Å². The van der Waals surface area contributed by atoms with Gasteiger partial charge in [0.15, 0.2) is 0 Å². The van der Waals surface area contributed by atoms with Crippen LogP contribution in [-0.4, -0.2) is 17.0 Å². The average molecular weight is 278 g/mol. The Morgan fingerprint density at radius 2 is 0.950 bits per heavy atom. The summed E-state index contributed by atoms with van der Waals surface area (Å²) in [6, 6.07) is 12.0. The summed E-state index contributed by atoms with van der Waals surface area (Å²) in [5.41, 5.74) is 1.58. The largest absolute Gasteiger partial charge is 0.269 e. The van der Waals surface area contributed by atoms with E-state index < -0.39 is 9.85 Å². The van der Waals surface area contributed by atoms with Gasteiger partial charge in [0, 0.05) is 24.3 Å². The molecule has 0 radical (unpaired) electrons.